The minimum atomic E-state index is -0.750. The second kappa shape index (κ2) is 6.04. The van der Waals surface area contributed by atoms with E-state index in [4.69, 9.17) is 28.9 Å². The van der Waals surface area contributed by atoms with Crippen LogP contribution in [-0.2, 0) is 0 Å². The molecule has 2 aromatic rings. The molecule has 0 bridgehead atoms. The van der Waals surface area contributed by atoms with Crippen LogP contribution in [0.4, 0.5) is 0 Å². The van der Waals surface area contributed by atoms with Crippen molar-refractivity contribution >= 4 is 34.5 Å². The van der Waals surface area contributed by atoms with Gasteiger partial charge in [-0.25, -0.2) is 0 Å². The standard InChI is InChI=1S/C13H13Cl2NOS/c14-10-4-1-3-8(12(10)15)13(17)9(7-16)11-5-2-6-18-11/h1-6,9,13,17H,7,16H2. The van der Waals surface area contributed by atoms with Crippen LogP contribution in [-0.4, -0.2) is 11.7 Å². The molecule has 0 spiro atoms. The lowest BCUT2D eigenvalue weighted by Crippen LogP contribution is -2.19. The van der Waals surface area contributed by atoms with Crippen molar-refractivity contribution in [1.29, 1.82) is 0 Å². The fourth-order valence-corrected chi connectivity index (χ4v) is 3.16. The van der Waals surface area contributed by atoms with Crippen LogP contribution in [0.5, 0.6) is 0 Å². The van der Waals surface area contributed by atoms with Crippen molar-refractivity contribution in [2.75, 3.05) is 6.54 Å². The van der Waals surface area contributed by atoms with E-state index in [0.29, 0.717) is 22.2 Å². The summed E-state index contributed by atoms with van der Waals surface area (Å²) in [6.07, 6.45) is -0.750. The zero-order chi connectivity index (χ0) is 13.1. The Balaban J connectivity index is 2.35. The van der Waals surface area contributed by atoms with E-state index in [0.717, 1.165) is 4.88 Å². The number of aliphatic hydroxyl groups excluding tert-OH is 1. The SMILES string of the molecule is NCC(c1cccs1)C(O)c1cccc(Cl)c1Cl. The number of nitrogens with two attached hydrogens (primary N) is 1. The summed E-state index contributed by atoms with van der Waals surface area (Å²) < 4.78 is 0. The molecule has 2 unspecified atom stereocenters. The fourth-order valence-electron chi connectivity index (χ4n) is 1.87. The van der Waals surface area contributed by atoms with E-state index in [-0.39, 0.29) is 5.92 Å². The first-order valence-electron chi connectivity index (χ1n) is 5.50. The normalized spacial score (nSPS) is 14.4. The first-order chi connectivity index (χ1) is 8.65. The molecule has 0 fully saturated rings. The van der Waals surface area contributed by atoms with E-state index in [1.165, 1.54) is 0 Å². The van der Waals surface area contributed by atoms with Crippen molar-refractivity contribution in [2.45, 2.75) is 12.0 Å². The third-order valence-corrected chi connectivity index (χ3v) is 4.68. The van der Waals surface area contributed by atoms with Crippen molar-refractivity contribution in [3.8, 4) is 0 Å². The molecule has 0 saturated heterocycles. The van der Waals surface area contributed by atoms with Crippen LogP contribution in [0, 0.1) is 0 Å². The number of aliphatic hydroxyl groups is 1. The average molecular weight is 302 g/mol. The van der Waals surface area contributed by atoms with Crippen LogP contribution >= 0.6 is 34.5 Å². The summed E-state index contributed by atoms with van der Waals surface area (Å²) >= 11 is 13.7. The van der Waals surface area contributed by atoms with E-state index < -0.39 is 6.10 Å². The molecule has 1 aromatic heterocycles. The van der Waals surface area contributed by atoms with E-state index in [1.807, 2.05) is 17.5 Å². The quantitative estimate of drug-likeness (QED) is 0.901. The van der Waals surface area contributed by atoms with Gasteiger partial charge in [0.2, 0.25) is 0 Å². The Bertz CT molecular complexity index is 516. The highest BCUT2D eigenvalue weighted by atomic mass is 35.5. The molecule has 0 aliphatic rings. The Kier molecular flexibility index (Phi) is 4.65. The zero-order valence-electron chi connectivity index (χ0n) is 9.51. The first kappa shape index (κ1) is 13.8. The summed E-state index contributed by atoms with van der Waals surface area (Å²) in [6.45, 7) is 0.352. The molecule has 2 rings (SSSR count). The number of rotatable bonds is 4. The largest absolute Gasteiger partial charge is 0.388 e. The highest BCUT2D eigenvalue weighted by Gasteiger charge is 2.24. The number of hydrogen-bond acceptors (Lipinski definition) is 3. The van der Waals surface area contributed by atoms with Crippen molar-refractivity contribution in [3.05, 3.63) is 56.2 Å². The number of benzene rings is 1. The molecule has 1 heterocycles. The molecule has 18 heavy (non-hydrogen) atoms. The Hall–Kier alpha value is -0.580. The lowest BCUT2D eigenvalue weighted by molar-refractivity contribution is 0.149. The second-order valence-electron chi connectivity index (χ2n) is 3.95. The molecule has 2 nitrogen and oxygen atoms in total. The third kappa shape index (κ3) is 2.71. The molecule has 3 N–H and O–H groups in total. The van der Waals surface area contributed by atoms with E-state index in [9.17, 15) is 5.11 Å². The van der Waals surface area contributed by atoms with Crippen molar-refractivity contribution in [3.63, 3.8) is 0 Å². The molecule has 0 aliphatic carbocycles. The predicted molar refractivity (Wildman–Crippen MR) is 77.5 cm³/mol. The van der Waals surface area contributed by atoms with Crippen molar-refractivity contribution < 1.29 is 5.11 Å². The smallest absolute Gasteiger partial charge is 0.0893 e. The minimum Gasteiger partial charge on any atom is -0.388 e. The van der Waals surface area contributed by atoms with Crippen LogP contribution < -0.4 is 5.73 Å². The van der Waals surface area contributed by atoms with Gasteiger partial charge in [-0.1, -0.05) is 41.4 Å². The Morgan fingerprint density at radius 1 is 1.22 bits per heavy atom. The van der Waals surface area contributed by atoms with Gasteiger partial charge in [0.05, 0.1) is 16.1 Å². The summed E-state index contributed by atoms with van der Waals surface area (Å²) in [5, 5.41) is 13.2. The van der Waals surface area contributed by atoms with Gasteiger partial charge in [0.25, 0.3) is 0 Å². The van der Waals surface area contributed by atoms with E-state index in [2.05, 4.69) is 0 Å². The lowest BCUT2D eigenvalue weighted by Gasteiger charge is -2.22. The Labute approximate surface area is 120 Å². The highest BCUT2D eigenvalue weighted by molar-refractivity contribution is 7.10. The maximum atomic E-state index is 10.4. The summed E-state index contributed by atoms with van der Waals surface area (Å²) in [6, 6.07) is 9.14. The van der Waals surface area contributed by atoms with Crippen LogP contribution in [0.3, 0.4) is 0 Å². The molecule has 0 amide bonds. The number of hydrogen-bond donors (Lipinski definition) is 2. The Morgan fingerprint density at radius 2 is 2.00 bits per heavy atom. The van der Waals surface area contributed by atoms with Crippen LogP contribution in [0.2, 0.25) is 10.0 Å². The van der Waals surface area contributed by atoms with E-state index >= 15 is 0 Å². The number of halogens is 2. The number of thiophene rings is 1. The molecule has 0 saturated carbocycles. The molecule has 5 heteroatoms. The molecule has 0 radical (unpaired) electrons. The summed E-state index contributed by atoms with van der Waals surface area (Å²) in [7, 11) is 0. The van der Waals surface area contributed by atoms with Gasteiger partial charge in [-0.3, -0.25) is 0 Å². The first-order valence-corrected chi connectivity index (χ1v) is 7.14. The minimum absolute atomic E-state index is 0.166. The van der Waals surface area contributed by atoms with E-state index in [1.54, 1.807) is 29.5 Å². The van der Waals surface area contributed by atoms with Gasteiger partial charge in [-0.05, 0) is 17.5 Å². The van der Waals surface area contributed by atoms with Gasteiger partial charge < -0.3 is 10.8 Å². The van der Waals surface area contributed by atoms with Crippen LogP contribution in [0.25, 0.3) is 0 Å². The van der Waals surface area contributed by atoms with Crippen LogP contribution in [0.1, 0.15) is 22.5 Å². The third-order valence-electron chi connectivity index (χ3n) is 2.84. The topological polar surface area (TPSA) is 46.2 Å². The van der Waals surface area contributed by atoms with Gasteiger partial charge in [-0.2, -0.15) is 0 Å². The molecule has 0 aliphatic heterocycles. The maximum absolute atomic E-state index is 10.4. The second-order valence-corrected chi connectivity index (χ2v) is 5.71. The Morgan fingerprint density at radius 3 is 2.61 bits per heavy atom. The molecule has 2 atom stereocenters. The molecule has 96 valence electrons. The lowest BCUT2D eigenvalue weighted by atomic mass is 9.94. The van der Waals surface area contributed by atoms with Gasteiger partial charge in [-0.15, -0.1) is 11.3 Å². The summed E-state index contributed by atoms with van der Waals surface area (Å²) in [5.74, 6) is -0.166. The predicted octanol–water partition coefficient (Wildman–Crippen LogP) is 3.83. The highest BCUT2D eigenvalue weighted by Crippen LogP contribution is 2.38. The van der Waals surface area contributed by atoms with Crippen molar-refractivity contribution in [1.82, 2.24) is 0 Å². The van der Waals surface area contributed by atoms with Gasteiger partial charge in [0, 0.05) is 22.9 Å². The van der Waals surface area contributed by atoms with Crippen molar-refractivity contribution in [2.24, 2.45) is 5.73 Å². The molecular formula is C13H13Cl2NOS. The molecule has 1 aromatic carbocycles. The summed E-state index contributed by atoms with van der Waals surface area (Å²) in [5.41, 5.74) is 6.38. The summed E-state index contributed by atoms with van der Waals surface area (Å²) in [4.78, 5) is 1.04. The monoisotopic (exact) mass is 301 g/mol. The zero-order valence-corrected chi connectivity index (χ0v) is 11.8. The fraction of sp³-hybridized carbons (Fsp3) is 0.231. The maximum Gasteiger partial charge on any atom is 0.0893 e. The van der Waals surface area contributed by atoms with Gasteiger partial charge in [0.15, 0.2) is 0 Å². The average Bonchev–Trinajstić information content (AvgIpc) is 2.87. The van der Waals surface area contributed by atoms with Gasteiger partial charge >= 0.3 is 0 Å². The van der Waals surface area contributed by atoms with Gasteiger partial charge in [0.1, 0.15) is 0 Å². The molecular weight excluding hydrogens is 289 g/mol. The van der Waals surface area contributed by atoms with Crippen LogP contribution in [0.15, 0.2) is 35.7 Å².